The molecule has 0 heterocycles. The van der Waals surface area contributed by atoms with Crippen molar-refractivity contribution in [1.29, 1.82) is 0 Å². The maximum Gasteiger partial charge on any atom is 0.260 e. The van der Waals surface area contributed by atoms with Crippen LogP contribution in [0.5, 0.6) is 5.75 Å². The highest BCUT2D eigenvalue weighted by Crippen LogP contribution is 2.22. The fraction of sp³-hybridized carbons (Fsp3) is 0.562. The first kappa shape index (κ1) is 15.8. The standard InChI is InChI=1S/C16H23FN2O2/c1-3-8-18-16(20)11(2)21-15-7-4-12(9-14(15)17)10-19-13-5-6-13/h4,7,9,11,13,19H,3,5-6,8,10H2,1-2H3,(H,18,20). The monoisotopic (exact) mass is 294 g/mol. The number of carbonyl (C=O) groups is 1. The molecule has 1 aliphatic carbocycles. The Morgan fingerprint density at radius 3 is 2.86 bits per heavy atom. The second-order valence-corrected chi connectivity index (χ2v) is 5.47. The van der Waals surface area contributed by atoms with Crippen molar-refractivity contribution >= 4 is 5.91 Å². The molecule has 1 atom stereocenters. The fourth-order valence-corrected chi connectivity index (χ4v) is 1.94. The minimum atomic E-state index is -0.707. The van der Waals surface area contributed by atoms with Crippen molar-refractivity contribution in [2.75, 3.05) is 6.54 Å². The van der Waals surface area contributed by atoms with Gasteiger partial charge in [0.05, 0.1) is 0 Å². The zero-order valence-corrected chi connectivity index (χ0v) is 12.6. The number of hydrogen-bond acceptors (Lipinski definition) is 3. The van der Waals surface area contributed by atoms with Crippen LogP contribution in [-0.4, -0.2) is 24.6 Å². The number of hydrogen-bond donors (Lipinski definition) is 2. The van der Waals surface area contributed by atoms with E-state index < -0.39 is 11.9 Å². The lowest BCUT2D eigenvalue weighted by atomic mass is 10.2. The Kier molecular flexibility index (Phi) is 5.56. The molecule has 1 unspecified atom stereocenters. The van der Waals surface area contributed by atoms with Gasteiger partial charge >= 0.3 is 0 Å². The van der Waals surface area contributed by atoms with Crippen LogP contribution in [0, 0.1) is 5.82 Å². The topological polar surface area (TPSA) is 50.4 Å². The molecule has 116 valence electrons. The third kappa shape index (κ3) is 5.01. The van der Waals surface area contributed by atoms with Gasteiger partial charge in [-0.1, -0.05) is 13.0 Å². The maximum absolute atomic E-state index is 14.0. The summed E-state index contributed by atoms with van der Waals surface area (Å²) < 4.78 is 19.4. The first-order chi connectivity index (χ1) is 10.1. The van der Waals surface area contributed by atoms with Crippen LogP contribution in [0.25, 0.3) is 0 Å². The summed E-state index contributed by atoms with van der Waals surface area (Å²) in [4.78, 5) is 11.7. The van der Waals surface area contributed by atoms with Crippen LogP contribution < -0.4 is 15.4 Å². The SMILES string of the molecule is CCCNC(=O)C(C)Oc1ccc(CNC2CC2)cc1F. The Bertz CT molecular complexity index is 489. The van der Waals surface area contributed by atoms with E-state index in [-0.39, 0.29) is 11.7 Å². The predicted octanol–water partition coefficient (Wildman–Crippen LogP) is 2.37. The van der Waals surface area contributed by atoms with Gasteiger partial charge in [-0.05, 0) is 43.9 Å². The molecule has 1 amide bonds. The van der Waals surface area contributed by atoms with Crippen LogP contribution in [-0.2, 0) is 11.3 Å². The van der Waals surface area contributed by atoms with Gasteiger partial charge < -0.3 is 15.4 Å². The number of amides is 1. The molecule has 0 aromatic heterocycles. The third-order valence-corrected chi connectivity index (χ3v) is 3.39. The van der Waals surface area contributed by atoms with Gasteiger partial charge in [0.25, 0.3) is 5.91 Å². The van der Waals surface area contributed by atoms with E-state index in [4.69, 9.17) is 4.74 Å². The number of nitrogens with one attached hydrogen (secondary N) is 2. The molecule has 5 heteroatoms. The van der Waals surface area contributed by atoms with E-state index in [1.54, 1.807) is 13.0 Å². The summed E-state index contributed by atoms with van der Waals surface area (Å²) in [5.41, 5.74) is 0.884. The molecule has 1 saturated carbocycles. The second-order valence-electron chi connectivity index (χ2n) is 5.47. The van der Waals surface area contributed by atoms with Crippen molar-refractivity contribution in [1.82, 2.24) is 10.6 Å². The van der Waals surface area contributed by atoms with Gasteiger partial charge in [-0.25, -0.2) is 4.39 Å². The largest absolute Gasteiger partial charge is 0.478 e. The van der Waals surface area contributed by atoms with Gasteiger partial charge in [-0.15, -0.1) is 0 Å². The summed E-state index contributed by atoms with van der Waals surface area (Å²) in [6.45, 7) is 4.85. The maximum atomic E-state index is 14.0. The predicted molar refractivity (Wildman–Crippen MR) is 79.7 cm³/mol. The summed E-state index contributed by atoms with van der Waals surface area (Å²) in [7, 11) is 0. The Labute approximate surface area is 125 Å². The average molecular weight is 294 g/mol. The molecule has 21 heavy (non-hydrogen) atoms. The summed E-state index contributed by atoms with van der Waals surface area (Å²) in [6.07, 6.45) is 2.55. The van der Waals surface area contributed by atoms with Crippen molar-refractivity contribution < 1.29 is 13.9 Å². The van der Waals surface area contributed by atoms with Crippen LogP contribution >= 0.6 is 0 Å². The molecule has 0 aliphatic heterocycles. The summed E-state index contributed by atoms with van der Waals surface area (Å²) in [6, 6.07) is 5.46. The lowest BCUT2D eigenvalue weighted by Crippen LogP contribution is -2.36. The number of rotatable bonds is 8. The summed E-state index contributed by atoms with van der Waals surface area (Å²) >= 11 is 0. The van der Waals surface area contributed by atoms with Crippen LogP contribution in [0.15, 0.2) is 18.2 Å². The Balaban J connectivity index is 1.88. The molecule has 4 nitrogen and oxygen atoms in total. The van der Waals surface area contributed by atoms with E-state index in [2.05, 4.69) is 10.6 Å². The van der Waals surface area contributed by atoms with Crippen LogP contribution in [0.4, 0.5) is 4.39 Å². The van der Waals surface area contributed by atoms with E-state index >= 15 is 0 Å². The molecule has 0 radical (unpaired) electrons. The van der Waals surface area contributed by atoms with E-state index in [9.17, 15) is 9.18 Å². The van der Waals surface area contributed by atoms with Gasteiger partial charge in [-0.3, -0.25) is 4.79 Å². The number of benzene rings is 1. The lowest BCUT2D eigenvalue weighted by molar-refractivity contribution is -0.127. The number of ether oxygens (including phenoxy) is 1. The van der Waals surface area contributed by atoms with Crippen molar-refractivity contribution in [3.63, 3.8) is 0 Å². The summed E-state index contributed by atoms with van der Waals surface area (Å²) in [5.74, 6) is -0.541. The van der Waals surface area contributed by atoms with Gasteiger partial charge in [0, 0.05) is 19.1 Å². The fourth-order valence-electron chi connectivity index (χ4n) is 1.94. The second kappa shape index (κ2) is 7.41. The van der Waals surface area contributed by atoms with Crippen molar-refractivity contribution in [2.24, 2.45) is 0 Å². The number of halogens is 1. The Morgan fingerprint density at radius 2 is 2.24 bits per heavy atom. The van der Waals surface area contributed by atoms with Gasteiger partial charge in [0.2, 0.25) is 0 Å². The first-order valence-corrected chi connectivity index (χ1v) is 7.56. The van der Waals surface area contributed by atoms with Gasteiger partial charge in [0.1, 0.15) is 0 Å². The molecule has 1 aromatic carbocycles. The van der Waals surface area contributed by atoms with Gasteiger partial charge in [0.15, 0.2) is 17.7 Å². The minimum absolute atomic E-state index is 0.115. The van der Waals surface area contributed by atoms with E-state index in [0.717, 1.165) is 12.0 Å². The molecule has 2 N–H and O–H groups in total. The van der Waals surface area contributed by atoms with Crippen LogP contribution in [0.3, 0.4) is 0 Å². The van der Waals surface area contributed by atoms with E-state index in [1.807, 2.05) is 13.0 Å². The van der Waals surface area contributed by atoms with E-state index in [1.165, 1.54) is 18.9 Å². The normalized spacial score (nSPS) is 15.6. The van der Waals surface area contributed by atoms with Crippen molar-refractivity contribution in [3.8, 4) is 5.75 Å². The molecule has 2 rings (SSSR count). The lowest BCUT2D eigenvalue weighted by Gasteiger charge is -2.15. The molecular weight excluding hydrogens is 271 g/mol. The number of carbonyl (C=O) groups excluding carboxylic acids is 1. The smallest absolute Gasteiger partial charge is 0.260 e. The zero-order chi connectivity index (χ0) is 15.2. The van der Waals surface area contributed by atoms with Crippen LogP contribution in [0.1, 0.15) is 38.7 Å². The highest BCUT2D eigenvalue weighted by molar-refractivity contribution is 5.80. The Hall–Kier alpha value is -1.62. The van der Waals surface area contributed by atoms with Gasteiger partial charge in [-0.2, -0.15) is 0 Å². The Morgan fingerprint density at radius 1 is 1.48 bits per heavy atom. The zero-order valence-electron chi connectivity index (χ0n) is 12.6. The van der Waals surface area contributed by atoms with Crippen molar-refractivity contribution in [3.05, 3.63) is 29.6 Å². The minimum Gasteiger partial charge on any atom is -0.478 e. The quantitative estimate of drug-likeness (QED) is 0.774. The first-order valence-electron chi connectivity index (χ1n) is 7.56. The molecule has 0 saturated heterocycles. The van der Waals surface area contributed by atoms with E-state index in [0.29, 0.717) is 19.1 Å². The molecular formula is C16H23FN2O2. The molecule has 0 bridgehead atoms. The third-order valence-electron chi connectivity index (χ3n) is 3.39. The molecule has 0 spiro atoms. The highest BCUT2D eigenvalue weighted by atomic mass is 19.1. The highest BCUT2D eigenvalue weighted by Gasteiger charge is 2.20. The molecule has 1 fully saturated rings. The average Bonchev–Trinajstić information content (AvgIpc) is 3.29. The van der Waals surface area contributed by atoms with Crippen molar-refractivity contribution in [2.45, 2.75) is 51.8 Å². The molecule has 1 aliphatic rings. The van der Waals surface area contributed by atoms with Crippen LogP contribution in [0.2, 0.25) is 0 Å². The molecule has 1 aromatic rings. The summed E-state index contributed by atoms with van der Waals surface area (Å²) in [5, 5.41) is 6.06.